The van der Waals surface area contributed by atoms with Crippen molar-refractivity contribution in [3.63, 3.8) is 0 Å². The van der Waals surface area contributed by atoms with E-state index in [1.807, 2.05) is 0 Å². The fourth-order valence-corrected chi connectivity index (χ4v) is 3.59. The van der Waals surface area contributed by atoms with E-state index in [1.54, 1.807) is 30.3 Å². The Labute approximate surface area is 151 Å². The Morgan fingerprint density at radius 3 is 2.62 bits per heavy atom. The predicted molar refractivity (Wildman–Crippen MR) is 95.3 cm³/mol. The number of sulfonamides is 1. The van der Waals surface area contributed by atoms with Crippen LogP contribution in [0.5, 0.6) is 0 Å². The lowest BCUT2D eigenvalue weighted by Gasteiger charge is -2.23. The number of ether oxygens (including phenoxy) is 1. The number of nitrogens with one attached hydrogen (secondary N) is 1. The molecule has 0 radical (unpaired) electrons. The van der Waals surface area contributed by atoms with Gasteiger partial charge in [-0.25, -0.2) is 17.5 Å². The third kappa shape index (κ3) is 3.47. The first-order valence-corrected chi connectivity index (χ1v) is 9.35. The van der Waals surface area contributed by atoms with Gasteiger partial charge in [0.2, 0.25) is 10.0 Å². The lowest BCUT2D eigenvalue weighted by Crippen LogP contribution is -2.38. The van der Waals surface area contributed by atoms with E-state index in [2.05, 4.69) is 5.32 Å². The molecular weight excluding hydrogens is 356 g/mol. The minimum atomic E-state index is -3.61. The van der Waals surface area contributed by atoms with Gasteiger partial charge in [-0.15, -0.1) is 0 Å². The molecule has 0 fully saturated rings. The number of hydrogen-bond donors (Lipinski definition) is 1. The molecule has 1 aliphatic rings. The van der Waals surface area contributed by atoms with Crippen molar-refractivity contribution in [2.24, 2.45) is 0 Å². The molecule has 7 nitrogen and oxygen atoms in total. The van der Waals surface area contributed by atoms with Crippen LogP contribution >= 0.6 is 0 Å². The van der Waals surface area contributed by atoms with Gasteiger partial charge in [0.15, 0.2) is 6.10 Å². The molecule has 0 spiro atoms. The highest BCUT2D eigenvalue weighted by Crippen LogP contribution is 2.22. The van der Waals surface area contributed by atoms with Crippen molar-refractivity contribution in [2.45, 2.75) is 17.4 Å². The highest BCUT2D eigenvalue weighted by Gasteiger charge is 2.31. The highest BCUT2D eigenvalue weighted by atomic mass is 32.2. The van der Waals surface area contributed by atoms with E-state index >= 15 is 0 Å². The zero-order valence-corrected chi connectivity index (χ0v) is 15.1. The smallest absolute Gasteiger partial charge is 0.339 e. The van der Waals surface area contributed by atoms with Gasteiger partial charge in [-0.3, -0.25) is 4.79 Å². The molecule has 1 amide bonds. The molecule has 3 rings (SSSR count). The monoisotopic (exact) mass is 374 g/mol. The molecule has 136 valence electrons. The fraction of sp³-hybridized carbons (Fsp3) is 0.222. The van der Waals surface area contributed by atoms with E-state index in [0.29, 0.717) is 11.3 Å². The van der Waals surface area contributed by atoms with Gasteiger partial charge < -0.3 is 10.1 Å². The van der Waals surface area contributed by atoms with Crippen LogP contribution in [-0.2, 0) is 26.0 Å². The molecule has 1 aliphatic heterocycles. The van der Waals surface area contributed by atoms with E-state index < -0.39 is 28.0 Å². The zero-order chi connectivity index (χ0) is 18.9. The summed E-state index contributed by atoms with van der Waals surface area (Å²) in [5.74, 6) is -1.05. The van der Waals surface area contributed by atoms with Crippen LogP contribution in [-0.4, -0.2) is 44.8 Å². The maximum atomic E-state index is 12.5. The Hall–Kier alpha value is -2.71. The molecule has 8 heteroatoms. The van der Waals surface area contributed by atoms with Crippen LogP contribution in [0.3, 0.4) is 0 Å². The average molecular weight is 374 g/mol. The molecule has 1 N–H and O–H groups in total. The zero-order valence-electron chi connectivity index (χ0n) is 14.3. The molecule has 0 aliphatic carbocycles. The Bertz CT molecular complexity index is 969. The molecule has 2 aromatic rings. The average Bonchev–Trinajstić information content (AvgIpc) is 2.61. The van der Waals surface area contributed by atoms with Crippen molar-refractivity contribution >= 4 is 27.6 Å². The number of carbonyl (C=O) groups excluding carboxylic acids is 2. The van der Waals surface area contributed by atoms with Gasteiger partial charge in [0.05, 0.1) is 10.5 Å². The molecule has 0 bridgehead atoms. The maximum Gasteiger partial charge on any atom is 0.339 e. The summed E-state index contributed by atoms with van der Waals surface area (Å²) in [5.41, 5.74) is 1.51. The highest BCUT2D eigenvalue weighted by molar-refractivity contribution is 7.89. The molecule has 1 unspecified atom stereocenters. The second-order valence-electron chi connectivity index (χ2n) is 6.06. The third-order valence-electron chi connectivity index (χ3n) is 4.06. The summed E-state index contributed by atoms with van der Waals surface area (Å²) in [7, 11) is -0.752. The van der Waals surface area contributed by atoms with Gasteiger partial charge in [-0.2, -0.15) is 0 Å². The topological polar surface area (TPSA) is 92.8 Å². The van der Waals surface area contributed by atoms with Gasteiger partial charge in [0.1, 0.15) is 0 Å². The number of esters is 1. The standard InChI is InChI=1S/C18H18N2O5S/c1-20(2)26(23,24)14-8-5-7-13(11-14)19-17(21)16-10-12-6-3-4-9-15(12)18(22)25-16/h3-9,11,16H,10H2,1-2H3,(H,19,21). The third-order valence-corrected chi connectivity index (χ3v) is 5.88. The molecular formula is C18H18N2O5S. The maximum absolute atomic E-state index is 12.5. The van der Waals surface area contributed by atoms with Crippen molar-refractivity contribution in [2.75, 3.05) is 19.4 Å². The van der Waals surface area contributed by atoms with Crippen LogP contribution in [0.15, 0.2) is 53.4 Å². The largest absolute Gasteiger partial charge is 0.448 e. The summed E-state index contributed by atoms with van der Waals surface area (Å²) in [6.45, 7) is 0. The molecule has 0 saturated heterocycles. The minimum Gasteiger partial charge on any atom is -0.448 e. The van der Waals surface area contributed by atoms with Crippen LogP contribution < -0.4 is 5.32 Å². The predicted octanol–water partition coefficient (Wildman–Crippen LogP) is 1.66. The van der Waals surface area contributed by atoms with Gasteiger partial charge >= 0.3 is 5.97 Å². The lowest BCUT2D eigenvalue weighted by molar-refractivity contribution is -0.125. The molecule has 2 aromatic carbocycles. The van der Waals surface area contributed by atoms with Crippen molar-refractivity contribution in [3.05, 3.63) is 59.7 Å². The van der Waals surface area contributed by atoms with Crippen molar-refractivity contribution < 1.29 is 22.7 Å². The number of hydrogen-bond acceptors (Lipinski definition) is 5. The summed E-state index contributed by atoms with van der Waals surface area (Å²) in [6.07, 6.45) is -0.699. The van der Waals surface area contributed by atoms with E-state index in [0.717, 1.165) is 9.87 Å². The normalized spacial score (nSPS) is 16.7. The second kappa shape index (κ2) is 6.89. The first-order valence-electron chi connectivity index (χ1n) is 7.91. The first-order chi connectivity index (χ1) is 12.3. The van der Waals surface area contributed by atoms with E-state index in [1.165, 1.54) is 32.3 Å². The number of amides is 1. The van der Waals surface area contributed by atoms with Crippen molar-refractivity contribution in [3.8, 4) is 0 Å². The molecule has 1 atom stereocenters. The number of nitrogens with zero attached hydrogens (tertiary/aromatic N) is 1. The first kappa shape index (κ1) is 18.1. The minimum absolute atomic E-state index is 0.0614. The van der Waals surface area contributed by atoms with Crippen molar-refractivity contribution in [1.29, 1.82) is 0 Å². The number of anilines is 1. The van der Waals surface area contributed by atoms with Gasteiger partial charge in [0, 0.05) is 26.2 Å². The summed E-state index contributed by atoms with van der Waals surface area (Å²) >= 11 is 0. The fourth-order valence-electron chi connectivity index (χ4n) is 2.65. The Kier molecular flexibility index (Phi) is 4.80. The van der Waals surface area contributed by atoms with E-state index in [-0.39, 0.29) is 11.3 Å². The van der Waals surface area contributed by atoms with Crippen LogP contribution in [0, 0.1) is 0 Å². The second-order valence-corrected chi connectivity index (χ2v) is 8.21. The molecule has 26 heavy (non-hydrogen) atoms. The van der Waals surface area contributed by atoms with Crippen molar-refractivity contribution in [1.82, 2.24) is 4.31 Å². The van der Waals surface area contributed by atoms with Crippen LogP contribution in [0.4, 0.5) is 5.69 Å². The number of fused-ring (bicyclic) bond motifs is 1. The number of rotatable bonds is 4. The summed E-state index contributed by atoms with van der Waals surface area (Å²) in [6, 6.07) is 12.9. The van der Waals surface area contributed by atoms with Gasteiger partial charge in [0.25, 0.3) is 5.91 Å². The summed E-state index contributed by atoms with van der Waals surface area (Å²) < 4.78 is 30.7. The molecule has 0 aromatic heterocycles. The molecule has 1 heterocycles. The van der Waals surface area contributed by atoms with Crippen LogP contribution in [0.25, 0.3) is 0 Å². The summed E-state index contributed by atoms with van der Waals surface area (Å²) in [5, 5.41) is 2.62. The lowest BCUT2D eigenvalue weighted by atomic mass is 9.98. The quantitative estimate of drug-likeness (QED) is 0.822. The van der Waals surface area contributed by atoms with Crippen LogP contribution in [0.2, 0.25) is 0 Å². The SMILES string of the molecule is CN(C)S(=O)(=O)c1cccc(NC(=O)C2Cc3ccccc3C(=O)O2)c1. The van der Waals surface area contributed by atoms with Gasteiger partial charge in [-0.1, -0.05) is 24.3 Å². The van der Waals surface area contributed by atoms with E-state index in [4.69, 9.17) is 4.74 Å². The van der Waals surface area contributed by atoms with Gasteiger partial charge in [-0.05, 0) is 29.8 Å². The number of benzene rings is 2. The Morgan fingerprint density at radius 2 is 1.88 bits per heavy atom. The molecule has 0 saturated carbocycles. The Morgan fingerprint density at radius 1 is 1.15 bits per heavy atom. The van der Waals surface area contributed by atoms with E-state index in [9.17, 15) is 18.0 Å². The number of carbonyl (C=O) groups is 2. The number of cyclic esters (lactones) is 1. The Balaban J connectivity index is 1.78. The summed E-state index contributed by atoms with van der Waals surface area (Å²) in [4.78, 5) is 24.6. The van der Waals surface area contributed by atoms with Crippen LogP contribution in [0.1, 0.15) is 15.9 Å².